The SMILES string of the molecule is O=C(O)C(CCO[C@H]1C[C@H](CCc2ccc3c(n2)NCCC3)C1)NO. The number of nitrogens with one attached hydrogen (secondary N) is 2. The Morgan fingerprint density at radius 3 is 3.04 bits per heavy atom. The van der Waals surface area contributed by atoms with Crippen LogP contribution in [0.15, 0.2) is 12.1 Å². The molecule has 1 fully saturated rings. The zero-order valence-electron chi connectivity index (χ0n) is 14.4. The van der Waals surface area contributed by atoms with E-state index in [0.717, 1.165) is 50.2 Å². The van der Waals surface area contributed by atoms with Crippen molar-refractivity contribution in [2.45, 2.75) is 57.1 Å². The first kappa shape index (κ1) is 18.1. The molecule has 1 aromatic heterocycles. The van der Waals surface area contributed by atoms with Crippen molar-refractivity contribution in [1.82, 2.24) is 10.5 Å². The second kappa shape index (κ2) is 8.60. The zero-order valence-corrected chi connectivity index (χ0v) is 14.4. The van der Waals surface area contributed by atoms with Gasteiger partial charge in [-0.05, 0) is 62.5 Å². The third-order valence-electron chi connectivity index (χ3n) is 5.17. The van der Waals surface area contributed by atoms with E-state index in [1.165, 1.54) is 12.0 Å². The van der Waals surface area contributed by atoms with Crippen LogP contribution in [0.2, 0.25) is 0 Å². The first-order chi connectivity index (χ1) is 12.2. The number of aromatic nitrogens is 1. The van der Waals surface area contributed by atoms with Gasteiger partial charge in [-0.15, -0.1) is 0 Å². The summed E-state index contributed by atoms with van der Waals surface area (Å²) < 4.78 is 5.68. The molecule has 1 atom stereocenters. The number of hydroxylamine groups is 1. The molecule has 4 N–H and O–H groups in total. The molecule has 0 saturated heterocycles. The van der Waals surface area contributed by atoms with Gasteiger partial charge >= 0.3 is 5.97 Å². The third-order valence-corrected chi connectivity index (χ3v) is 5.17. The van der Waals surface area contributed by atoms with Crippen molar-refractivity contribution >= 4 is 11.8 Å². The minimum atomic E-state index is -1.07. The molecule has 0 bridgehead atoms. The minimum absolute atomic E-state index is 0.219. The zero-order chi connectivity index (χ0) is 17.6. The van der Waals surface area contributed by atoms with Gasteiger partial charge in [0, 0.05) is 18.8 Å². The van der Waals surface area contributed by atoms with Crippen LogP contribution in [-0.4, -0.2) is 46.6 Å². The van der Waals surface area contributed by atoms with Crippen LogP contribution < -0.4 is 10.8 Å². The van der Waals surface area contributed by atoms with E-state index >= 15 is 0 Å². The van der Waals surface area contributed by atoms with Crippen LogP contribution in [0.1, 0.15) is 43.4 Å². The van der Waals surface area contributed by atoms with Gasteiger partial charge in [0.15, 0.2) is 0 Å². The largest absolute Gasteiger partial charge is 0.480 e. The molecule has 7 heteroatoms. The first-order valence-electron chi connectivity index (χ1n) is 9.12. The molecule has 25 heavy (non-hydrogen) atoms. The summed E-state index contributed by atoms with van der Waals surface area (Å²) in [5.41, 5.74) is 4.26. The van der Waals surface area contributed by atoms with Gasteiger partial charge in [0.2, 0.25) is 0 Å². The van der Waals surface area contributed by atoms with E-state index in [9.17, 15) is 4.79 Å². The number of aryl methyl sites for hydroxylation is 2. The normalized spacial score (nSPS) is 23.2. The van der Waals surface area contributed by atoms with E-state index in [-0.39, 0.29) is 12.5 Å². The third kappa shape index (κ3) is 4.90. The molecule has 0 radical (unpaired) electrons. The Labute approximate surface area is 147 Å². The highest BCUT2D eigenvalue weighted by molar-refractivity contribution is 5.73. The Morgan fingerprint density at radius 1 is 1.44 bits per heavy atom. The van der Waals surface area contributed by atoms with Crippen LogP contribution in [-0.2, 0) is 22.4 Å². The number of ether oxygens (including phenoxy) is 1. The fraction of sp³-hybridized carbons (Fsp3) is 0.667. The highest BCUT2D eigenvalue weighted by Gasteiger charge is 2.30. The number of rotatable bonds is 9. The van der Waals surface area contributed by atoms with E-state index in [2.05, 4.69) is 17.4 Å². The molecule has 2 aliphatic rings. The molecule has 0 spiro atoms. The lowest BCUT2D eigenvalue weighted by Gasteiger charge is -2.35. The van der Waals surface area contributed by atoms with Gasteiger partial charge in [0.05, 0.1) is 6.10 Å². The molecule has 3 rings (SSSR count). The van der Waals surface area contributed by atoms with Crippen LogP contribution >= 0.6 is 0 Å². The summed E-state index contributed by atoms with van der Waals surface area (Å²) in [4.78, 5) is 15.5. The maximum atomic E-state index is 10.8. The van der Waals surface area contributed by atoms with Gasteiger partial charge in [-0.3, -0.25) is 4.79 Å². The summed E-state index contributed by atoms with van der Waals surface area (Å²) in [6.07, 6.45) is 6.92. The molecule has 7 nitrogen and oxygen atoms in total. The molecule has 1 unspecified atom stereocenters. The maximum Gasteiger partial charge on any atom is 0.323 e. The lowest BCUT2D eigenvalue weighted by Crippen LogP contribution is -2.37. The summed E-state index contributed by atoms with van der Waals surface area (Å²) in [5, 5.41) is 20.9. The van der Waals surface area contributed by atoms with Gasteiger partial charge in [0.25, 0.3) is 0 Å². The monoisotopic (exact) mass is 349 g/mol. The second-order valence-corrected chi connectivity index (χ2v) is 7.02. The van der Waals surface area contributed by atoms with Crippen molar-refractivity contribution in [2.24, 2.45) is 5.92 Å². The molecule has 0 aromatic carbocycles. The van der Waals surface area contributed by atoms with Crippen LogP contribution in [0.25, 0.3) is 0 Å². The van der Waals surface area contributed by atoms with Crippen LogP contribution in [0.5, 0.6) is 0 Å². The summed E-state index contributed by atoms with van der Waals surface area (Å²) in [7, 11) is 0. The van der Waals surface area contributed by atoms with E-state index in [1.807, 2.05) is 0 Å². The number of pyridine rings is 1. The Morgan fingerprint density at radius 2 is 2.28 bits per heavy atom. The smallest absolute Gasteiger partial charge is 0.323 e. The molecule has 0 amide bonds. The number of carboxylic acid groups (broad SMARTS) is 1. The average Bonchev–Trinajstić information content (AvgIpc) is 2.59. The molecule has 1 aliphatic carbocycles. The number of carbonyl (C=O) groups is 1. The van der Waals surface area contributed by atoms with Crippen LogP contribution in [0, 0.1) is 5.92 Å². The van der Waals surface area contributed by atoms with Crippen molar-refractivity contribution in [3.63, 3.8) is 0 Å². The topological polar surface area (TPSA) is 104 Å². The Bertz CT molecular complexity index is 590. The Hall–Kier alpha value is -1.70. The fourth-order valence-corrected chi connectivity index (χ4v) is 3.50. The van der Waals surface area contributed by atoms with Crippen LogP contribution in [0.4, 0.5) is 5.82 Å². The van der Waals surface area contributed by atoms with Crippen molar-refractivity contribution in [1.29, 1.82) is 0 Å². The fourth-order valence-electron chi connectivity index (χ4n) is 3.50. The van der Waals surface area contributed by atoms with E-state index in [1.54, 1.807) is 5.48 Å². The number of anilines is 1. The standard InChI is InChI=1S/C18H27N3O4/c22-18(23)16(21-24)7-9-25-15-10-12(11-15)3-5-14-6-4-13-2-1-8-19-17(13)20-14/h4,6,12,15-16,21,24H,1-3,5,7-11H2,(H,19,20)(H,22,23)/t12-,15-,16?. The van der Waals surface area contributed by atoms with E-state index in [4.69, 9.17) is 20.0 Å². The molecule has 1 aromatic rings. The number of hydrogen-bond acceptors (Lipinski definition) is 6. The summed E-state index contributed by atoms with van der Waals surface area (Å²) in [6, 6.07) is 3.39. The first-order valence-corrected chi connectivity index (χ1v) is 9.12. The quantitative estimate of drug-likeness (QED) is 0.505. The summed E-state index contributed by atoms with van der Waals surface area (Å²) in [5.74, 6) is 0.649. The molecular weight excluding hydrogens is 322 g/mol. The number of nitrogens with zero attached hydrogens (tertiary/aromatic N) is 1. The molecule has 1 aliphatic heterocycles. The molecule has 138 valence electrons. The molecule has 1 saturated carbocycles. The van der Waals surface area contributed by atoms with Crippen molar-refractivity contribution < 1.29 is 19.8 Å². The predicted molar refractivity (Wildman–Crippen MR) is 92.8 cm³/mol. The average molecular weight is 349 g/mol. The Kier molecular flexibility index (Phi) is 6.23. The van der Waals surface area contributed by atoms with E-state index in [0.29, 0.717) is 12.5 Å². The predicted octanol–water partition coefficient (Wildman–Crippen LogP) is 1.99. The highest BCUT2D eigenvalue weighted by Crippen LogP contribution is 2.34. The van der Waals surface area contributed by atoms with Gasteiger partial charge < -0.3 is 20.4 Å². The minimum Gasteiger partial charge on any atom is -0.480 e. The van der Waals surface area contributed by atoms with Gasteiger partial charge in [-0.2, -0.15) is 5.48 Å². The lowest BCUT2D eigenvalue weighted by atomic mass is 9.79. The van der Waals surface area contributed by atoms with Crippen molar-refractivity contribution in [2.75, 3.05) is 18.5 Å². The molecular formula is C18H27N3O4. The van der Waals surface area contributed by atoms with Gasteiger partial charge in [-0.1, -0.05) is 6.07 Å². The number of fused-ring (bicyclic) bond motifs is 1. The lowest BCUT2D eigenvalue weighted by molar-refractivity contribution is -0.143. The van der Waals surface area contributed by atoms with E-state index < -0.39 is 12.0 Å². The van der Waals surface area contributed by atoms with Crippen molar-refractivity contribution in [3.8, 4) is 0 Å². The van der Waals surface area contributed by atoms with Crippen LogP contribution in [0.3, 0.4) is 0 Å². The van der Waals surface area contributed by atoms with Gasteiger partial charge in [-0.25, -0.2) is 4.98 Å². The Balaban J connectivity index is 1.32. The van der Waals surface area contributed by atoms with Crippen molar-refractivity contribution in [3.05, 3.63) is 23.4 Å². The summed E-state index contributed by atoms with van der Waals surface area (Å²) >= 11 is 0. The van der Waals surface area contributed by atoms with Gasteiger partial charge in [0.1, 0.15) is 11.9 Å². The maximum absolute atomic E-state index is 10.8. The highest BCUT2D eigenvalue weighted by atomic mass is 16.5. The number of hydrogen-bond donors (Lipinski definition) is 4. The molecule has 2 heterocycles. The number of carboxylic acids is 1. The number of aliphatic carboxylic acids is 1. The second-order valence-electron chi connectivity index (χ2n) is 7.02. The summed E-state index contributed by atoms with van der Waals surface area (Å²) in [6.45, 7) is 1.36.